The molecule has 2 rings (SSSR count). The van der Waals surface area contributed by atoms with Crippen molar-refractivity contribution in [2.24, 2.45) is 0 Å². The summed E-state index contributed by atoms with van der Waals surface area (Å²) in [6.07, 6.45) is 1.81. The quantitative estimate of drug-likeness (QED) is 0.770. The van der Waals surface area contributed by atoms with Gasteiger partial charge < -0.3 is 9.88 Å². The molecule has 0 saturated carbocycles. The van der Waals surface area contributed by atoms with E-state index < -0.39 is 0 Å². The van der Waals surface area contributed by atoms with Gasteiger partial charge in [-0.2, -0.15) is 6.07 Å². The number of hydrogen-bond donors (Lipinski definition) is 0. The van der Waals surface area contributed by atoms with Crippen LogP contribution in [0.5, 0.6) is 0 Å². The van der Waals surface area contributed by atoms with Crippen LogP contribution >= 0.6 is 0 Å². The Balaban J connectivity index is 0.00000162. The zero-order valence-electron chi connectivity index (χ0n) is 11.2. The molecule has 0 spiro atoms. The van der Waals surface area contributed by atoms with E-state index in [1.807, 2.05) is 24.2 Å². The second kappa shape index (κ2) is 6.74. The number of likely N-dealkylation sites (N-methyl/N-ethyl adjacent to an activating group) is 1. The minimum atomic E-state index is 0. The van der Waals surface area contributed by atoms with E-state index in [0.29, 0.717) is 24.8 Å². The molecule has 1 radical (unpaired) electrons. The Morgan fingerprint density at radius 2 is 2.11 bits per heavy atom. The molecule has 2 heterocycles. The molecule has 0 unspecified atom stereocenters. The molecule has 0 aromatic carbocycles. The number of piperazine rings is 1. The molecule has 1 saturated heterocycles. The van der Waals surface area contributed by atoms with Crippen LogP contribution in [0.15, 0.2) is 12.3 Å². The first-order valence-electron chi connectivity index (χ1n) is 5.94. The SMILES string of the molecule is CC(C)c1[c-]cc(N2CCN(C)CC2=O)nc1.[Y]. The standard InChI is InChI=1S/C13H18N3O.Y/c1-10(2)11-4-5-12(14-8-11)16-7-6-15(3)9-13(16)17;/h5,8,10H,6-7,9H2,1-3H3;/q-1;. The molecule has 0 N–H and O–H groups in total. The van der Waals surface area contributed by atoms with Crippen molar-refractivity contribution in [3.63, 3.8) is 0 Å². The van der Waals surface area contributed by atoms with Gasteiger partial charge in [0.15, 0.2) is 0 Å². The molecule has 1 aromatic rings. The predicted octanol–water partition coefficient (Wildman–Crippen LogP) is 1.28. The molecule has 1 fully saturated rings. The molecule has 4 nitrogen and oxygen atoms in total. The smallest absolute Gasteiger partial charge is 0.231 e. The van der Waals surface area contributed by atoms with E-state index >= 15 is 0 Å². The Morgan fingerprint density at radius 3 is 2.61 bits per heavy atom. The van der Waals surface area contributed by atoms with Crippen molar-refractivity contribution >= 4 is 11.7 Å². The van der Waals surface area contributed by atoms with E-state index in [1.54, 1.807) is 4.90 Å². The summed E-state index contributed by atoms with van der Waals surface area (Å²) in [4.78, 5) is 20.0. The number of hydrogen-bond acceptors (Lipinski definition) is 3. The molecule has 95 valence electrons. The maximum absolute atomic E-state index is 11.9. The molecule has 5 heteroatoms. The van der Waals surface area contributed by atoms with Crippen molar-refractivity contribution in [1.82, 2.24) is 9.88 Å². The summed E-state index contributed by atoms with van der Waals surface area (Å²) in [6, 6.07) is 5.01. The van der Waals surface area contributed by atoms with Crippen molar-refractivity contribution in [2.45, 2.75) is 19.8 Å². The van der Waals surface area contributed by atoms with Gasteiger partial charge in [0.25, 0.3) is 0 Å². The molecule has 0 bridgehead atoms. The van der Waals surface area contributed by atoms with Gasteiger partial charge in [-0.25, -0.2) is 0 Å². The van der Waals surface area contributed by atoms with Gasteiger partial charge in [-0.15, -0.1) is 11.6 Å². The fourth-order valence-electron chi connectivity index (χ4n) is 1.85. The van der Waals surface area contributed by atoms with E-state index in [0.717, 1.165) is 12.1 Å². The molecular weight excluding hydrogens is 303 g/mol. The largest absolute Gasteiger partial charge is 0.367 e. The second-order valence-corrected chi connectivity index (χ2v) is 4.80. The number of carbonyl (C=O) groups is 1. The number of rotatable bonds is 2. The summed E-state index contributed by atoms with van der Waals surface area (Å²) >= 11 is 0. The van der Waals surface area contributed by atoms with Crippen LogP contribution in [0.1, 0.15) is 25.3 Å². The first-order valence-corrected chi connectivity index (χ1v) is 5.94. The topological polar surface area (TPSA) is 36.4 Å². The first-order chi connectivity index (χ1) is 8.08. The molecular formula is C13H18N3OY-. The summed E-state index contributed by atoms with van der Waals surface area (Å²) < 4.78 is 0. The van der Waals surface area contributed by atoms with Gasteiger partial charge in [0.1, 0.15) is 0 Å². The van der Waals surface area contributed by atoms with Crippen molar-refractivity contribution in [3.8, 4) is 0 Å². The maximum Gasteiger partial charge on any atom is 0.231 e. The average molecular weight is 321 g/mol. The van der Waals surface area contributed by atoms with Gasteiger partial charge in [0.2, 0.25) is 5.91 Å². The number of carbonyl (C=O) groups excluding carboxylic acids is 1. The van der Waals surface area contributed by atoms with Crippen molar-refractivity contribution in [3.05, 3.63) is 23.9 Å². The zero-order chi connectivity index (χ0) is 12.4. The van der Waals surface area contributed by atoms with Crippen molar-refractivity contribution in [2.75, 3.05) is 31.6 Å². The van der Waals surface area contributed by atoms with Gasteiger partial charge in [-0.1, -0.05) is 20.0 Å². The van der Waals surface area contributed by atoms with Gasteiger partial charge in [0.05, 0.1) is 6.54 Å². The van der Waals surface area contributed by atoms with Gasteiger partial charge >= 0.3 is 0 Å². The summed E-state index contributed by atoms with van der Waals surface area (Å²) in [6.45, 7) is 6.27. The monoisotopic (exact) mass is 321 g/mol. The minimum absolute atomic E-state index is 0. The normalized spacial score (nSPS) is 16.9. The average Bonchev–Trinajstić information content (AvgIpc) is 2.29. The molecule has 1 aliphatic rings. The Morgan fingerprint density at radius 1 is 1.39 bits per heavy atom. The van der Waals surface area contributed by atoms with Crippen LogP contribution in [0.3, 0.4) is 0 Å². The molecule has 1 aliphatic heterocycles. The Kier molecular flexibility index (Phi) is 5.89. The van der Waals surface area contributed by atoms with Crippen LogP contribution in [-0.2, 0) is 37.5 Å². The van der Waals surface area contributed by atoms with E-state index in [-0.39, 0.29) is 38.6 Å². The summed E-state index contributed by atoms with van der Waals surface area (Å²) in [7, 11) is 1.96. The van der Waals surface area contributed by atoms with E-state index in [2.05, 4.69) is 24.9 Å². The van der Waals surface area contributed by atoms with Crippen molar-refractivity contribution in [1.29, 1.82) is 0 Å². The van der Waals surface area contributed by atoms with Crippen LogP contribution in [0, 0.1) is 6.07 Å². The summed E-state index contributed by atoms with van der Waals surface area (Å²) in [5.41, 5.74) is 1.08. The maximum atomic E-state index is 11.9. The number of amides is 1. The van der Waals surface area contributed by atoms with Crippen LogP contribution < -0.4 is 4.90 Å². The van der Waals surface area contributed by atoms with E-state index in [1.165, 1.54) is 0 Å². The van der Waals surface area contributed by atoms with Gasteiger partial charge in [-0.05, 0) is 13.0 Å². The Bertz CT molecular complexity index is 405. The third kappa shape index (κ3) is 3.59. The van der Waals surface area contributed by atoms with E-state index in [4.69, 9.17) is 0 Å². The van der Waals surface area contributed by atoms with Crippen LogP contribution in [-0.4, -0.2) is 42.5 Å². The zero-order valence-corrected chi connectivity index (χ0v) is 14.0. The van der Waals surface area contributed by atoms with Gasteiger partial charge in [0, 0.05) is 51.6 Å². The summed E-state index contributed by atoms with van der Waals surface area (Å²) in [5, 5.41) is 0. The number of nitrogens with zero attached hydrogens (tertiary/aromatic N) is 3. The molecule has 0 atom stereocenters. The fraction of sp³-hybridized carbons (Fsp3) is 0.538. The minimum Gasteiger partial charge on any atom is -0.367 e. The fourth-order valence-corrected chi connectivity index (χ4v) is 1.85. The van der Waals surface area contributed by atoms with Crippen LogP contribution in [0.25, 0.3) is 0 Å². The Labute approximate surface area is 134 Å². The molecule has 0 aliphatic carbocycles. The number of anilines is 1. The first kappa shape index (κ1) is 15.7. The molecule has 1 aromatic heterocycles. The predicted molar refractivity (Wildman–Crippen MR) is 67.0 cm³/mol. The third-order valence-electron chi connectivity index (χ3n) is 3.01. The molecule has 18 heavy (non-hydrogen) atoms. The van der Waals surface area contributed by atoms with Crippen molar-refractivity contribution < 1.29 is 37.5 Å². The second-order valence-electron chi connectivity index (χ2n) is 4.80. The van der Waals surface area contributed by atoms with Crippen LogP contribution in [0.2, 0.25) is 0 Å². The number of aromatic nitrogens is 1. The Hall–Kier alpha value is -0.316. The van der Waals surface area contributed by atoms with Gasteiger partial charge in [-0.3, -0.25) is 9.69 Å². The van der Waals surface area contributed by atoms with E-state index in [9.17, 15) is 4.79 Å². The summed E-state index contributed by atoms with van der Waals surface area (Å²) in [5.74, 6) is 1.24. The number of pyridine rings is 1. The molecule has 1 amide bonds. The third-order valence-corrected chi connectivity index (χ3v) is 3.01. The van der Waals surface area contributed by atoms with Crippen LogP contribution in [0.4, 0.5) is 5.82 Å².